The molecule has 0 aliphatic rings. The molecule has 3 rings (SSSR count). The van der Waals surface area contributed by atoms with E-state index in [1.54, 1.807) is 11.3 Å². The third-order valence-electron chi connectivity index (χ3n) is 3.91. The molecule has 1 amide bonds. The van der Waals surface area contributed by atoms with E-state index < -0.39 is 0 Å². The maximum absolute atomic E-state index is 12.4. The number of carbonyl (C=O) groups is 1. The first-order valence-electron chi connectivity index (χ1n) is 8.04. The van der Waals surface area contributed by atoms with Gasteiger partial charge in [-0.3, -0.25) is 4.79 Å². The number of amides is 1. The van der Waals surface area contributed by atoms with E-state index in [1.807, 2.05) is 54.3 Å². The Morgan fingerprint density at radius 2 is 2.12 bits per heavy atom. The monoisotopic (exact) mass is 372 g/mol. The predicted octanol–water partition coefficient (Wildman–Crippen LogP) is 4.15. The van der Waals surface area contributed by atoms with Crippen molar-refractivity contribution in [1.29, 1.82) is 0 Å². The Bertz CT molecular complexity index is 871. The molecule has 25 heavy (non-hydrogen) atoms. The number of nitrogens with zero attached hydrogens (tertiary/aromatic N) is 3. The minimum absolute atomic E-state index is 0.0327. The van der Waals surface area contributed by atoms with Crippen molar-refractivity contribution in [3.8, 4) is 10.7 Å². The summed E-state index contributed by atoms with van der Waals surface area (Å²) in [6.07, 6.45) is 0.887. The molecule has 0 saturated heterocycles. The van der Waals surface area contributed by atoms with Crippen LogP contribution >= 0.6 is 23.1 Å². The molecule has 0 spiro atoms. The van der Waals surface area contributed by atoms with Crippen LogP contribution in [0.3, 0.4) is 0 Å². The minimum atomic E-state index is -0.0327. The molecule has 0 atom stereocenters. The zero-order valence-corrected chi connectivity index (χ0v) is 16.1. The Kier molecular flexibility index (Phi) is 5.55. The summed E-state index contributed by atoms with van der Waals surface area (Å²) in [7, 11) is 1.92. The van der Waals surface area contributed by atoms with Crippen LogP contribution in [0, 0.1) is 6.92 Å². The van der Waals surface area contributed by atoms with E-state index in [2.05, 4.69) is 22.4 Å². The second kappa shape index (κ2) is 7.84. The van der Waals surface area contributed by atoms with Crippen LogP contribution in [0.5, 0.6) is 0 Å². The summed E-state index contributed by atoms with van der Waals surface area (Å²) in [5.41, 5.74) is 3.15. The summed E-state index contributed by atoms with van der Waals surface area (Å²) < 4.78 is 1.93. The van der Waals surface area contributed by atoms with E-state index >= 15 is 0 Å². The normalized spacial score (nSPS) is 10.8. The van der Waals surface area contributed by atoms with Crippen molar-refractivity contribution in [1.82, 2.24) is 14.8 Å². The fourth-order valence-electron chi connectivity index (χ4n) is 2.57. The molecule has 0 aliphatic heterocycles. The third kappa shape index (κ3) is 3.93. The highest BCUT2D eigenvalue weighted by atomic mass is 32.2. The largest absolute Gasteiger partial charge is 0.325 e. The fourth-order valence-corrected chi connectivity index (χ4v) is 4.02. The van der Waals surface area contributed by atoms with Crippen molar-refractivity contribution in [2.75, 3.05) is 11.1 Å². The highest BCUT2D eigenvalue weighted by molar-refractivity contribution is 7.99. The molecule has 0 unspecified atom stereocenters. The number of aromatic nitrogens is 3. The van der Waals surface area contributed by atoms with E-state index in [0.717, 1.165) is 39.1 Å². The number of benzene rings is 1. The second-order valence-electron chi connectivity index (χ2n) is 5.64. The first-order valence-corrected chi connectivity index (χ1v) is 9.91. The predicted molar refractivity (Wildman–Crippen MR) is 104 cm³/mol. The lowest BCUT2D eigenvalue weighted by Crippen LogP contribution is -2.16. The quantitative estimate of drug-likeness (QED) is 0.661. The van der Waals surface area contributed by atoms with Crippen molar-refractivity contribution in [2.24, 2.45) is 7.05 Å². The Hall–Kier alpha value is -2.12. The number of thiophene rings is 1. The van der Waals surface area contributed by atoms with Gasteiger partial charge in [0.1, 0.15) is 0 Å². The summed E-state index contributed by atoms with van der Waals surface area (Å²) in [5.74, 6) is 1.09. The zero-order valence-electron chi connectivity index (χ0n) is 14.4. The molecule has 2 heterocycles. The van der Waals surface area contributed by atoms with Crippen molar-refractivity contribution >= 4 is 34.7 Å². The molecule has 3 aromatic rings. The average Bonchev–Trinajstić information content (AvgIpc) is 3.24. The minimum Gasteiger partial charge on any atom is -0.325 e. The standard InChI is InChI=1S/C18H20N4OS2/c1-4-13-8-5-7-12(2)16(13)19-15(23)11-25-18-21-20-17(22(18)3)14-9-6-10-24-14/h5-10H,4,11H2,1-3H3,(H,19,23). The van der Waals surface area contributed by atoms with Gasteiger partial charge in [0.2, 0.25) is 5.91 Å². The van der Waals surface area contributed by atoms with Gasteiger partial charge in [0, 0.05) is 12.7 Å². The lowest BCUT2D eigenvalue weighted by molar-refractivity contribution is -0.113. The van der Waals surface area contributed by atoms with Gasteiger partial charge >= 0.3 is 0 Å². The molecule has 5 nitrogen and oxygen atoms in total. The molecule has 0 radical (unpaired) electrons. The highest BCUT2D eigenvalue weighted by Crippen LogP contribution is 2.26. The number of nitrogens with one attached hydrogen (secondary N) is 1. The van der Waals surface area contributed by atoms with E-state index in [-0.39, 0.29) is 5.91 Å². The first-order chi connectivity index (χ1) is 12.1. The van der Waals surface area contributed by atoms with Crippen LogP contribution in [-0.4, -0.2) is 26.4 Å². The van der Waals surface area contributed by atoms with Gasteiger partial charge in [-0.05, 0) is 35.9 Å². The Morgan fingerprint density at radius 3 is 2.84 bits per heavy atom. The van der Waals surface area contributed by atoms with E-state index in [0.29, 0.717) is 5.75 Å². The van der Waals surface area contributed by atoms with Crippen LogP contribution in [0.2, 0.25) is 0 Å². The Morgan fingerprint density at radius 1 is 1.28 bits per heavy atom. The Labute approximate surface area is 155 Å². The van der Waals surface area contributed by atoms with Gasteiger partial charge in [-0.25, -0.2) is 0 Å². The van der Waals surface area contributed by atoms with Crippen LogP contribution in [-0.2, 0) is 18.3 Å². The van der Waals surface area contributed by atoms with Gasteiger partial charge < -0.3 is 9.88 Å². The lowest BCUT2D eigenvalue weighted by Gasteiger charge is -2.12. The van der Waals surface area contributed by atoms with Gasteiger partial charge in [0.05, 0.1) is 10.6 Å². The summed E-state index contributed by atoms with van der Waals surface area (Å²) in [6, 6.07) is 10.1. The molecule has 2 aromatic heterocycles. The number of thioether (sulfide) groups is 1. The SMILES string of the molecule is CCc1cccc(C)c1NC(=O)CSc1nnc(-c2cccs2)n1C. The highest BCUT2D eigenvalue weighted by Gasteiger charge is 2.14. The molecule has 7 heteroatoms. The molecule has 130 valence electrons. The Balaban J connectivity index is 1.66. The summed E-state index contributed by atoms with van der Waals surface area (Å²) in [5, 5.41) is 14.2. The van der Waals surface area contributed by atoms with Crippen molar-refractivity contribution < 1.29 is 4.79 Å². The fraction of sp³-hybridized carbons (Fsp3) is 0.278. The molecule has 0 fully saturated rings. The summed E-state index contributed by atoms with van der Waals surface area (Å²) in [4.78, 5) is 13.4. The van der Waals surface area contributed by atoms with Gasteiger partial charge in [0.15, 0.2) is 11.0 Å². The molecule has 0 aliphatic carbocycles. The topological polar surface area (TPSA) is 59.8 Å². The van der Waals surface area contributed by atoms with E-state index in [9.17, 15) is 4.79 Å². The molecular weight excluding hydrogens is 352 g/mol. The number of aryl methyl sites for hydroxylation is 2. The maximum Gasteiger partial charge on any atom is 0.234 e. The van der Waals surface area contributed by atoms with Crippen LogP contribution < -0.4 is 5.32 Å². The molecule has 0 saturated carbocycles. The number of rotatable bonds is 6. The van der Waals surface area contributed by atoms with Gasteiger partial charge in [0.25, 0.3) is 0 Å². The summed E-state index contributed by atoms with van der Waals surface area (Å²) >= 11 is 3.02. The smallest absolute Gasteiger partial charge is 0.234 e. The summed E-state index contributed by atoms with van der Waals surface area (Å²) in [6.45, 7) is 4.10. The van der Waals surface area contributed by atoms with Crippen LogP contribution in [0.1, 0.15) is 18.1 Å². The molecule has 1 N–H and O–H groups in total. The molecule has 1 aromatic carbocycles. The van der Waals surface area contributed by atoms with Gasteiger partial charge in [-0.2, -0.15) is 0 Å². The zero-order chi connectivity index (χ0) is 17.8. The van der Waals surface area contributed by atoms with E-state index in [4.69, 9.17) is 0 Å². The maximum atomic E-state index is 12.4. The van der Waals surface area contributed by atoms with Gasteiger partial charge in [-0.15, -0.1) is 21.5 Å². The second-order valence-corrected chi connectivity index (χ2v) is 7.53. The van der Waals surface area contributed by atoms with E-state index in [1.165, 1.54) is 11.8 Å². The van der Waals surface area contributed by atoms with Crippen LogP contribution in [0.15, 0.2) is 40.9 Å². The molecule has 0 bridgehead atoms. The number of hydrogen-bond acceptors (Lipinski definition) is 5. The number of anilines is 1. The average molecular weight is 373 g/mol. The van der Waals surface area contributed by atoms with Crippen molar-refractivity contribution in [3.63, 3.8) is 0 Å². The number of para-hydroxylation sites is 1. The number of carbonyl (C=O) groups excluding carboxylic acids is 1. The number of hydrogen-bond donors (Lipinski definition) is 1. The van der Waals surface area contributed by atoms with Crippen LogP contribution in [0.25, 0.3) is 10.7 Å². The molecular formula is C18H20N4OS2. The third-order valence-corrected chi connectivity index (χ3v) is 5.80. The van der Waals surface area contributed by atoms with Crippen LogP contribution in [0.4, 0.5) is 5.69 Å². The van der Waals surface area contributed by atoms with Crippen molar-refractivity contribution in [3.05, 3.63) is 46.8 Å². The van der Waals surface area contributed by atoms with Crippen molar-refractivity contribution in [2.45, 2.75) is 25.4 Å². The first kappa shape index (κ1) is 17.7. The lowest BCUT2D eigenvalue weighted by atomic mass is 10.1. The van der Waals surface area contributed by atoms with Gasteiger partial charge in [-0.1, -0.05) is 43.0 Å².